The minimum Gasteiger partial charge on any atom is -0.449 e. The molecule has 2 aromatic rings. The smallest absolute Gasteiger partial charge is 0.407 e. The molecule has 0 radical (unpaired) electrons. The molecule has 0 saturated carbocycles. The number of hydrogen-bond donors (Lipinski definition) is 2. The zero-order valence-corrected chi connectivity index (χ0v) is 34.4. The number of rotatable bonds is 37. The molecule has 2 aromatic carbocycles. The summed E-state index contributed by atoms with van der Waals surface area (Å²) in [5.41, 5.74) is 4.81. The van der Waals surface area contributed by atoms with Crippen LogP contribution in [0.5, 0.6) is 0 Å². The van der Waals surface area contributed by atoms with Gasteiger partial charge in [-0.3, -0.25) is 0 Å². The van der Waals surface area contributed by atoms with Gasteiger partial charge in [0.25, 0.3) is 0 Å². The standard InChI is InChI=1S/C43H68N2O13/c46-43(58-36-42-40-8-3-1-6-38(40)39-7-2-4-9-41(39)42)45-12-5-15-47-16-17-48-18-19-49-20-21-50-22-23-51-24-25-52-26-27-53-28-29-54-30-31-55-32-33-56-34-35-57-37-10-13-44-14-11-37/h1-4,6-9,37,42,44H,5,10-36H2,(H,45,46). The Bertz CT molecular complexity index is 1260. The molecule has 0 bridgehead atoms. The average Bonchev–Trinajstić information content (AvgIpc) is 3.58. The van der Waals surface area contributed by atoms with Gasteiger partial charge < -0.3 is 67.5 Å². The van der Waals surface area contributed by atoms with Crippen LogP contribution in [-0.2, 0) is 56.8 Å². The van der Waals surface area contributed by atoms with Gasteiger partial charge in [-0.2, -0.15) is 0 Å². The molecule has 328 valence electrons. The Morgan fingerprint density at radius 1 is 0.500 bits per heavy atom. The highest BCUT2D eigenvalue weighted by Gasteiger charge is 2.29. The third-order valence-electron chi connectivity index (χ3n) is 9.29. The van der Waals surface area contributed by atoms with E-state index in [-0.39, 0.29) is 5.92 Å². The van der Waals surface area contributed by atoms with Crippen molar-refractivity contribution in [1.82, 2.24) is 10.6 Å². The number of ether oxygens (including phenoxy) is 12. The molecule has 4 rings (SSSR count). The number of piperidine rings is 1. The van der Waals surface area contributed by atoms with Crippen LogP contribution in [0, 0.1) is 0 Å². The van der Waals surface area contributed by atoms with Crippen molar-refractivity contribution in [3.05, 3.63) is 59.7 Å². The first-order valence-electron chi connectivity index (χ1n) is 21.0. The fourth-order valence-electron chi connectivity index (χ4n) is 6.33. The van der Waals surface area contributed by atoms with E-state index in [1.165, 1.54) is 22.3 Å². The molecule has 0 unspecified atom stereocenters. The predicted octanol–water partition coefficient (Wildman–Crippen LogP) is 3.85. The van der Waals surface area contributed by atoms with Gasteiger partial charge in [-0.15, -0.1) is 0 Å². The van der Waals surface area contributed by atoms with Gasteiger partial charge in [0.1, 0.15) is 6.61 Å². The van der Waals surface area contributed by atoms with Crippen LogP contribution in [0.4, 0.5) is 4.79 Å². The van der Waals surface area contributed by atoms with Crippen molar-refractivity contribution >= 4 is 6.09 Å². The maximum atomic E-state index is 12.3. The van der Waals surface area contributed by atoms with Crippen LogP contribution >= 0.6 is 0 Å². The Balaban J connectivity index is 0.769. The van der Waals surface area contributed by atoms with Gasteiger partial charge in [-0.05, 0) is 54.6 Å². The third-order valence-corrected chi connectivity index (χ3v) is 9.29. The molecule has 0 aromatic heterocycles. The molecule has 1 heterocycles. The van der Waals surface area contributed by atoms with Crippen LogP contribution in [0.1, 0.15) is 36.3 Å². The summed E-state index contributed by atoms with van der Waals surface area (Å²) in [6.07, 6.45) is 2.79. The Morgan fingerprint density at radius 2 is 0.862 bits per heavy atom. The lowest BCUT2D eigenvalue weighted by Gasteiger charge is -2.22. The van der Waals surface area contributed by atoms with E-state index >= 15 is 0 Å². The van der Waals surface area contributed by atoms with Crippen LogP contribution in [0.3, 0.4) is 0 Å². The molecule has 58 heavy (non-hydrogen) atoms. The topological polar surface area (TPSA) is 152 Å². The lowest BCUT2D eigenvalue weighted by atomic mass is 9.98. The second-order valence-corrected chi connectivity index (χ2v) is 13.5. The fourth-order valence-corrected chi connectivity index (χ4v) is 6.33. The summed E-state index contributed by atoms with van der Waals surface area (Å²) in [6.45, 7) is 13.7. The summed E-state index contributed by atoms with van der Waals surface area (Å²) < 4.78 is 66.6. The van der Waals surface area contributed by atoms with E-state index in [4.69, 9.17) is 56.8 Å². The molecule has 15 heteroatoms. The molecule has 0 atom stereocenters. The number of hydrogen-bond acceptors (Lipinski definition) is 14. The molecular formula is C43H68N2O13. The van der Waals surface area contributed by atoms with Gasteiger partial charge in [-0.1, -0.05) is 48.5 Å². The minimum atomic E-state index is -0.414. The maximum Gasteiger partial charge on any atom is 0.407 e. The van der Waals surface area contributed by atoms with Crippen LogP contribution in [0.25, 0.3) is 11.1 Å². The highest BCUT2D eigenvalue weighted by molar-refractivity contribution is 5.79. The normalized spacial score (nSPS) is 14.1. The second kappa shape index (κ2) is 33.0. The first-order valence-corrected chi connectivity index (χ1v) is 21.0. The van der Waals surface area contributed by atoms with Gasteiger partial charge in [0.2, 0.25) is 0 Å². The summed E-state index contributed by atoms with van der Waals surface area (Å²) >= 11 is 0. The number of amides is 1. The summed E-state index contributed by atoms with van der Waals surface area (Å²) in [6, 6.07) is 16.6. The van der Waals surface area contributed by atoms with Crippen molar-refractivity contribution in [3.63, 3.8) is 0 Å². The number of alkyl carbamates (subject to hydrolysis) is 1. The summed E-state index contributed by atoms with van der Waals surface area (Å²) in [4.78, 5) is 12.3. The zero-order valence-electron chi connectivity index (χ0n) is 34.4. The van der Waals surface area contributed by atoms with Gasteiger partial charge in [0, 0.05) is 19.1 Å². The summed E-state index contributed by atoms with van der Waals surface area (Å²) in [5.74, 6) is 0.0495. The summed E-state index contributed by atoms with van der Waals surface area (Å²) in [7, 11) is 0. The minimum absolute atomic E-state index is 0.0495. The van der Waals surface area contributed by atoms with E-state index in [0.29, 0.717) is 164 Å². The Hall–Kier alpha value is -2.77. The molecule has 1 amide bonds. The van der Waals surface area contributed by atoms with Crippen molar-refractivity contribution in [2.24, 2.45) is 0 Å². The Labute approximate surface area is 344 Å². The van der Waals surface area contributed by atoms with Gasteiger partial charge >= 0.3 is 6.09 Å². The molecule has 1 fully saturated rings. The van der Waals surface area contributed by atoms with Crippen LogP contribution in [-0.4, -0.2) is 177 Å². The van der Waals surface area contributed by atoms with E-state index in [1.54, 1.807) is 0 Å². The lowest BCUT2D eigenvalue weighted by molar-refractivity contribution is -0.0324. The second-order valence-electron chi connectivity index (χ2n) is 13.5. The molecular weight excluding hydrogens is 752 g/mol. The number of benzene rings is 2. The molecule has 2 N–H and O–H groups in total. The number of nitrogens with one attached hydrogen (secondary N) is 2. The Kier molecular flexibility index (Phi) is 27.3. The highest BCUT2D eigenvalue weighted by atomic mass is 16.6. The number of fused-ring (bicyclic) bond motifs is 3. The number of carbonyl (C=O) groups excluding carboxylic acids is 1. The SMILES string of the molecule is O=C(NCCCOCCOCCOCCOCCOCCOCCOCCOCCOCCOCCOC1CCNCC1)OCC1c2ccccc2-c2ccccc21. The molecule has 2 aliphatic rings. The first-order chi connectivity index (χ1) is 28.8. The third kappa shape index (κ3) is 21.5. The van der Waals surface area contributed by atoms with Crippen LogP contribution < -0.4 is 10.6 Å². The van der Waals surface area contributed by atoms with Crippen LogP contribution in [0.2, 0.25) is 0 Å². The van der Waals surface area contributed by atoms with Crippen molar-refractivity contribution < 1.29 is 61.6 Å². The molecule has 1 aliphatic carbocycles. The van der Waals surface area contributed by atoms with Crippen molar-refractivity contribution in [1.29, 1.82) is 0 Å². The molecule has 15 nitrogen and oxygen atoms in total. The van der Waals surface area contributed by atoms with Gasteiger partial charge in [-0.25, -0.2) is 4.79 Å². The Morgan fingerprint density at radius 3 is 1.28 bits per heavy atom. The zero-order chi connectivity index (χ0) is 40.4. The van der Waals surface area contributed by atoms with Gasteiger partial charge in [0.15, 0.2) is 0 Å². The van der Waals surface area contributed by atoms with E-state index in [9.17, 15) is 4.79 Å². The fraction of sp³-hybridized carbons (Fsp3) is 0.698. The van der Waals surface area contributed by atoms with E-state index in [0.717, 1.165) is 25.9 Å². The predicted molar refractivity (Wildman–Crippen MR) is 218 cm³/mol. The molecule has 0 spiro atoms. The highest BCUT2D eigenvalue weighted by Crippen LogP contribution is 2.44. The average molecular weight is 821 g/mol. The van der Waals surface area contributed by atoms with Crippen LogP contribution in [0.15, 0.2) is 48.5 Å². The van der Waals surface area contributed by atoms with Crippen molar-refractivity contribution in [2.75, 3.05) is 165 Å². The monoisotopic (exact) mass is 820 g/mol. The quantitative estimate of drug-likeness (QED) is 0.0950. The maximum absolute atomic E-state index is 12.3. The molecule has 1 aliphatic heterocycles. The van der Waals surface area contributed by atoms with Gasteiger partial charge in [0.05, 0.1) is 138 Å². The lowest BCUT2D eigenvalue weighted by Crippen LogP contribution is -2.33. The van der Waals surface area contributed by atoms with Crippen molar-refractivity contribution in [3.8, 4) is 11.1 Å². The molecule has 1 saturated heterocycles. The van der Waals surface area contributed by atoms with E-state index < -0.39 is 6.09 Å². The first kappa shape index (κ1) is 47.9. The van der Waals surface area contributed by atoms with E-state index in [2.05, 4.69) is 34.9 Å². The summed E-state index contributed by atoms with van der Waals surface area (Å²) in [5, 5.41) is 6.14. The van der Waals surface area contributed by atoms with E-state index in [1.807, 2.05) is 24.3 Å². The largest absolute Gasteiger partial charge is 0.449 e. The van der Waals surface area contributed by atoms with Crippen molar-refractivity contribution in [2.45, 2.75) is 31.3 Å². The number of carbonyl (C=O) groups is 1.